The number of aryl methyl sites for hydroxylation is 6. The highest BCUT2D eigenvalue weighted by atomic mass is 16.5. The molecule has 3 saturated carbocycles. The van der Waals surface area contributed by atoms with Crippen molar-refractivity contribution in [2.24, 2.45) is 0 Å². The molecule has 18 heteroatoms. The third-order valence-corrected chi connectivity index (χ3v) is 24.3. The lowest BCUT2D eigenvalue weighted by Gasteiger charge is -2.25. The number of carboxylic acid groups (broad SMARTS) is 1. The highest BCUT2D eigenvalue weighted by Crippen LogP contribution is 2.51. The zero-order valence-electron chi connectivity index (χ0n) is 63.6. The maximum absolute atomic E-state index is 13.3. The first-order valence-electron chi connectivity index (χ1n) is 39.7. The normalized spacial score (nSPS) is 16.1. The molecule has 0 radical (unpaired) electrons. The van der Waals surface area contributed by atoms with Gasteiger partial charge in [-0.05, 0) is 163 Å². The molecule has 12 aromatic rings. The Morgan fingerprint density at radius 2 is 0.787 bits per heavy atom. The molecule has 6 aromatic heterocycles. The maximum Gasteiger partial charge on any atom is 0.337 e. The number of ether oxygens (including phenoxy) is 2. The van der Waals surface area contributed by atoms with Gasteiger partial charge in [0.05, 0.1) is 75.7 Å². The van der Waals surface area contributed by atoms with Crippen molar-refractivity contribution in [1.29, 1.82) is 0 Å². The molecule has 2 amide bonds. The van der Waals surface area contributed by atoms with Crippen LogP contribution in [0, 0.1) is 0 Å². The molecule has 560 valence electrons. The number of benzene rings is 6. The van der Waals surface area contributed by atoms with Crippen LogP contribution in [0.25, 0.3) is 99.2 Å². The lowest BCUT2D eigenvalue weighted by atomic mass is 9.81. The first-order chi connectivity index (χ1) is 52.7. The van der Waals surface area contributed by atoms with E-state index in [2.05, 4.69) is 133 Å². The van der Waals surface area contributed by atoms with Gasteiger partial charge in [0.2, 0.25) is 0 Å². The largest absolute Gasteiger partial charge is 0.478 e. The van der Waals surface area contributed by atoms with Gasteiger partial charge in [-0.15, -0.1) is 0 Å². The zero-order valence-corrected chi connectivity index (χ0v) is 63.6. The van der Waals surface area contributed by atoms with Gasteiger partial charge < -0.3 is 62.4 Å². The Balaban J connectivity index is 0.000000124. The van der Waals surface area contributed by atoms with E-state index in [-0.39, 0.29) is 23.8 Å². The predicted octanol–water partition coefficient (Wildman–Crippen LogP) is 18.0. The Morgan fingerprint density at radius 1 is 0.417 bits per heavy atom. The number of rotatable bonds is 14. The molecule has 6 aliphatic rings. The lowest BCUT2D eigenvalue weighted by molar-refractivity contribution is 0.0592. The van der Waals surface area contributed by atoms with Gasteiger partial charge in [-0.3, -0.25) is 9.59 Å². The minimum absolute atomic E-state index is 0.0206. The summed E-state index contributed by atoms with van der Waals surface area (Å²) in [6.07, 6.45) is 27.9. The van der Waals surface area contributed by atoms with E-state index in [0.29, 0.717) is 47.5 Å². The molecule has 0 saturated heterocycles. The molecule has 3 N–H and O–H groups in total. The third kappa shape index (κ3) is 13.4. The number of aromatic nitrogens is 6. The Labute approximate surface area is 631 Å². The predicted molar refractivity (Wildman–Crippen MR) is 431 cm³/mol. The van der Waals surface area contributed by atoms with Gasteiger partial charge in [0.25, 0.3) is 11.8 Å². The van der Waals surface area contributed by atoms with Gasteiger partial charge in [-0.25, -0.2) is 14.4 Å². The summed E-state index contributed by atoms with van der Waals surface area (Å²) in [7, 11) is 10.9. The Morgan fingerprint density at radius 3 is 1.18 bits per heavy atom. The minimum atomic E-state index is -0.895. The van der Waals surface area contributed by atoms with Crippen molar-refractivity contribution in [3.63, 3.8) is 0 Å². The number of hydrogen-bond acceptors (Lipinski definition) is 9. The van der Waals surface area contributed by atoms with E-state index in [0.717, 1.165) is 134 Å². The van der Waals surface area contributed by atoms with E-state index >= 15 is 0 Å². The molecule has 0 atom stereocenters. The van der Waals surface area contributed by atoms with Crippen molar-refractivity contribution in [3.8, 4) is 33.8 Å². The summed E-state index contributed by atoms with van der Waals surface area (Å²) in [5.74, 6) is -0.0164. The zero-order chi connectivity index (χ0) is 74.4. The summed E-state index contributed by atoms with van der Waals surface area (Å²) < 4.78 is 24.4. The Bertz CT molecular complexity index is 5460. The highest BCUT2D eigenvalue weighted by molar-refractivity contribution is 6.13. The smallest absolute Gasteiger partial charge is 0.337 e. The topological polar surface area (TPSA) is 184 Å². The molecule has 18 nitrogen and oxygen atoms in total. The fourth-order valence-corrected chi connectivity index (χ4v) is 19.4. The van der Waals surface area contributed by atoms with Crippen molar-refractivity contribution in [2.75, 3.05) is 68.6 Å². The second-order valence-electron chi connectivity index (χ2n) is 31.5. The first kappa shape index (κ1) is 72.1. The van der Waals surface area contributed by atoms with Crippen LogP contribution in [0.3, 0.4) is 0 Å². The van der Waals surface area contributed by atoms with Crippen LogP contribution in [0.15, 0.2) is 134 Å². The average molecular weight is 1450 g/mol. The molecular weight excluding hydrogens is 1350 g/mol. The van der Waals surface area contributed by atoms with Crippen molar-refractivity contribution in [1.82, 2.24) is 47.8 Å². The van der Waals surface area contributed by atoms with Crippen LogP contribution in [0.2, 0.25) is 0 Å². The fraction of sp³-hybridized carbons (Fsp3) is 0.411. The number of fused-ring (bicyclic) bond motifs is 12. The molecule has 18 rings (SSSR count). The van der Waals surface area contributed by atoms with E-state index < -0.39 is 5.97 Å². The van der Waals surface area contributed by atoms with E-state index in [4.69, 9.17) is 9.47 Å². The number of carboxylic acids is 1. The molecule has 108 heavy (non-hydrogen) atoms. The highest BCUT2D eigenvalue weighted by Gasteiger charge is 2.35. The average Bonchev–Trinajstić information content (AvgIpc) is 1.58. The summed E-state index contributed by atoms with van der Waals surface area (Å²) in [6, 6.07) is 39.5. The van der Waals surface area contributed by atoms with Crippen molar-refractivity contribution < 1.29 is 38.6 Å². The van der Waals surface area contributed by atoms with Gasteiger partial charge >= 0.3 is 17.9 Å². The van der Waals surface area contributed by atoms with E-state index in [1.54, 1.807) is 6.07 Å². The lowest BCUT2D eigenvalue weighted by Crippen LogP contribution is -2.31. The molecule has 0 unspecified atom stereocenters. The summed E-state index contributed by atoms with van der Waals surface area (Å²) >= 11 is 0. The molecule has 3 aliphatic carbocycles. The van der Waals surface area contributed by atoms with Gasteiger partial charge in [0, 0.05) is 150 Å². The molecular formula is C90H102N10O8. The number of hydrogen-bond donors (Lipinski definition) is 3. The summed E-state index contributed by atoms with van der Waals surface area (Å²) in [4.78, 5) is 67.4. The van der Waals surface area contributed by atoms with Gasteiger partial charge in [0.1, 0.15) is 0 Å². The van der Waals surface area contributed by atoms with Crippen molar-refractivity contribution >= 4 is 95.1 Å². The number of nitrogens with one attached hydrogen (secondary N) is 2. The molecule has 6 aromatic carbocycles. The monoisotopic (exact) mass is 1450 g/mol. The van der Waals surface area contributed by atoms with Crippen LogP contribution in [-0.2, 0) is 48.7 Å². The summed E-state index contributed by atoms with van der Waals surface area (Å²) in [5, 5.41) is 23.0. The number of para-hydroxylation sites is 3. The van der Waals surface area contributed by atoms with Crippen LogP contribution < -0.4 is 10.6 Å². The summed E-state index contributed by atoms with van der Waals surface area (Å²) in [6.45, 7) is 8.05. The fourth-order valence-electron chi connectivity index (χ4n) is 19.4. The number of nitrogens with zero attached hydrogens (tertiary/aromatic N) is 8. The minimum Gasteiger partial charge on any atom is -0.478 e. The van der Waals surface area contributed by atoms with Crippen LogP contribution in [0.4, 0.5) is 0 Å². The molecule has 0 bridgehead atoms. The molecule has 3 aliphatic heterocycles. The SMILES string of the molecule is CN(C)CCNC(=O)c1cn2c3c(cccc13)-c1c(C3CCCCC3)c3ccc(C(=O)O)cc3n1CCC2.COC(=O)c1ccc2c(C3CCCCC3)c3n(c2c1)CCCn1cc(C(=O)NCCN(C)C)c2cccc-3c21.COC(=O)c1ccc2c(C3CCCCC3)c3n(c2c1)CCCn1ccc2cccc-3c21. The molecule has 3 fully saturated rings. The number of likely N-dealkylation sites (N-methyl/N-ethyl adjacent to an activating group) is 2. The number of methoxy groups -OCH3 is 2. The van der Waals surface area contributed by atoms with Crippen LogP contribution in [0.1, 0.15) is 202 Å². The van der Waals surface area contributed by atoms with Crippen LogP contribution in [-0.4, -0.2) is 141 Å². The number of esters is 2. The van der Waals surface area contributed by atoms with E-state index in [1.165, 1.54) is 175 Å². The second-order valence-corrected chi connectivity index (χ2v) is 31.5. The van der Waals surface area contributed by atoms with Crippen LogP contribution >= 0.6 is 0 Å². The maximum atomic E-state index is 13.3. The van der Waals surface area contributed by atoms with Gasteiger partial charge in [-0.1, -0.05) is 131 Å². The molecule has 9 heterocycles. The molecule has 0 spiro atoms. The van der Waals surface area contributed by atoms with Gasteiger partial charge in [0.15, 0.2) is 0 Å². The standard InChI is InChI=1S/C32H38N4O3.C31H36N4O3.C27H28N2O2/c1-34(2)18-15-33-31(37)26-20-35-16-8-17-36-27-19-22(32(38)39-3)13-14-24(27)28(21-9-5-4-6-10-21)30(36)25-12-7-11-23(26)29(25)35;1-33(2)17-14-32-30(36)25-19-34-15-7-16-35-26-18-21(31(37)38)12-13-23(26)27(20-8-4-3-5-9-20)29(35)24-11-6-10-22(25)28(24)34;1-31-27(30)20-11-12-21-23(17-20)29-15-6-14-28-16-13-19-9-5-10-22(25(19)28)26(29)24(21)18-7-3-2-4-8-18/h7,11-14,19-21H,4-6,8-10,15-18H2,1-3H3,(H,33,37);6,10-13,18-20H,3-5,7-9,14-17H2,1-2H3,(H,32,36)(H,37,38);5,9-13,16-18H,2-4,6-8,14-15H2,1H3. The second kappa shape index (κ2) is 30.8. The van der Waals surface area contributed by atoms with Crippen molar-refractivity contribution in [3.05, 3.63) is 178 Å². The Kier molecular flexibility index (Phi) is 20.6. The summed E-state index contributed by atoms with van der Waals surface area (Å²) in [5.41, 5.74) is 21.6. The van der Waals surface area contributed by atoms with Gasteiger partial charge in [-0.2, -0.15) is 0 Å². The third-order valence-electron chi connectivity index (χ3n) is 24.3. The first-order valence-corrected chi connectivity index (χ1v) is 39.7. The Hall–Kier alpha value is -10.2. The number of amides is 2. The number of aromatic carboxylic acids is 1. The number of carbonyl (C=O) groups is 5. The quantitative estimate of drug-likeness (QED) is 0.0885. The van der Waals surface area contributed by atoms with Crippen LogP contribution in [0.5, 0.6) is 0 Å². The van der Waals surface area contributed by atoms with E-state index in [9.17, 15) is 29.1 Å². The van der Waals surface area contributed by atoms with Crippen molar-refractivity contribution in [2.45, 2.75) is 173 Å². The number of carbonyl (C=O) groups excluding carboxylic acids is 4. The van der Waals surface area contributed by atoms with E-state index in [1.807, 2.05) is 70.9 Å².